The maximum atomic E-state index is 11.2. The number of carbonyl (C=O) groups excluding carboxylic acids is 1. The third kappa shape index (κ3) is 4.93. The van der Waals surface area contributed by atoms with Gasteiger partial charge in [0, 0.05) is 25.4 Å². The molecule has 3 rings (SSSR count). The molecule has 0 N–H and O–H groups in total. The smallest absolute Gasteiger partial charge is 0.169 e. The van der Waals surface area contributed by atoms with Crippen LogP contribution in [0.2, 0.25) is 0 Å². The molecule has 1 spiro atoms. The fourth-order valence-corrected chi connectivity index (χ4v) is 4.21. The summed E-state index contributed by atoms with van der Waals surface area (Å²) in [5, 5.41) is 0. The molecule has 0 amide bonds. The Labute approximate surface area is 157 Å². The van der Waals surface area contributed by atoms with Crippen molar-refractivity contribution in [3.8, 4) is 0 Å². The second-order valence-electron chi connectivity index (χ2n) is 7.96. The molecule has 4 heteroatoms. The summed E-state index contributed by atoms with van der Waals surface area (Å²) in [5.74, 6) is -0.170. The number of hydrogen-bond acceptors (Lipinski definition) is 4. The van der Waals surface area contributed by atoms with E-state index in [-0.39, 0.29) is 18.1 Å². The SMILES string of the molecule is C[C@@H]1CC[C@]2(CCC[C@@H](CCOCc3ccccc3)O2)O[C@@H]1[C@@H](C)C=O. The van der Waals surface area contributed by atoms with Crippen LogP contribution in [-0.4, -0.2) is 30.9 Å². The summed E-state index contributed by atoms with van der Waals surface area (Å²) in [6.07, 6.45) is 7.14. The van der Waals surface area contributed by atoms with E-state index in [0.717, 1.165) is 44.8 Å². The number of rotatable bonds is 7. The minimum Gasteiger partial charge on any atom is -0.377 e. The van der Waals surface area contributed by atoms with E-state index in [0.29, 0.717) is 19.1 Å². The molecule has 0 aromatic heterocycles. The maximum Gasteiger partial charge on any atom is 0.169 e. The van der Waals surface area contributed by atoms with Gasteiger partial charge in [-0.1, -0.05) is 44.2 Å². The highest BCUT2D eigenvalue weighted by atomic mass is 16.7. The normalized spacial score (nSPS) is 33.1. The summed E-state index contributed by atoms with van der Waals surface area (Å²) < 4.78 is 18.6. The molecule has 2 fully saturated rings. The van der Waals surface area contributed by atoms with Gasteiger partial charge in [-0.15, -0.1) is 0 Å². The van der Waals surface area contributed by atoms with Crippen molar-refractivity contribution in [2.24, 2.45) is 11.8 Å². The van der Waals surface area contributed by atoms with Gasteiger partial charge in [0.1, 0.15) is 6.29 Å². The van der Waals surface area contributed by atoms with Crippen molar-refractivity contribution in [1.29, 1.82) is 0 Å². The second-order valence-corrected chi connectivity index (χ2v) is 7.96. The van der Waals surface area contributed by atoms with Crippen molar-refractivity contribution in [2.45, 2.75) is 77.0 Å². The van der Waals surface area contributed by atoms with Crippen molar-refractivity contribution in [2.75, 3.05) is 6.61 Å². The van der Waals surface area contributed by atoms with Gasteiger partial charge in [-0.3, -0.25) is 0 Å². The lowest BCUT2D eigenvalue weighted by molar-refractivity contribution is -0.328. The average Bonchev–Trinajstić information content (AvgIpc) is 2.68. The minimum atomic E-state index is -0.489. The molecule has 2 heterocycles. The molecule has 1 aromatic carbocycles. The zero-order valence-electron chi connectivity index (χ0n) is 16.1. The van der Waals surface area contributed by atoms with Gasteiger partial charge in [0.2, 0.25) is 0 Å². The second kappa shape index (κ2) is 9.12. The van der Waals surface area contributed by atoms with Gasteiger partial charge in [0.15, 0.2) is 5.79 Å². The summed E-state index contributed by atoms with van der Waals surface area (Å²) in [6.45, 7) is 5.46. The van der Waals surface area contributed by atoms with Crippen LogP contribution >= 0.6 is 0 Å². The number of ether oxygens (including phenoxy) is 3. The van der Waals surface area contributed by atoms with Crippen LogP contribution in [0.1, 0.15) is 57.9 Å². The number of hydrogen-bond donors (Lipinski definition) is 0. The molecule has 0 aliphatic carbocycles. The van der Waals surface area contributed by atoms with E-state index in [4.69, 9.17) is 14.2 Å². The summed E-state index contributed by atoms with van der Waals surface area (Å²) in [6, 6.07) is 10.2. The molecule has 1 aromatic rings. The highest BCUT2D eigenvalue weighted by Gasteiger charge is 2.45. The fraction of sp³-hybridized carbons (Fsp3) is 0.682. The van der Waals surface area contributed by atoms with Gasteiger partial charge >= 0.3 is 0 Å². The van der Waals surface area contributed by atoms with Crippen LogP contribution in [0.3, 0.4) is 0 Å². The first-order chi connectivity index (χ1) is 12.6. The van der Waals surface area contributed by atoms with Crippen molar-refractivity contribution in [3.63, 3.8) is 0 Å². The van der Waals surface area contributed by atoms with E-state index in [1.807, 2.05) is 25.1 Å². The minimum absolute atomic E-state index is 0.0330. The third-order valence-electron chi connectivity index (χ3n) is 5.79. The molecule has 144 valence electrons. The molecular weight excluding hydrogens is 328 g/mol. The highest BCUT2D eigenvalue weighted by Crippen LogP contribution is 2.43. The first-order valence-electron chi connectivity index (χ1n) is 10.0. The molecule has 2 aliphatic heterocycles. The number of carbonyl (C=O) groups is 1. The highest BCUT2D eigenvalue weighted by molar-refractivity contribution is 5.53. The third-order valence-corrected chi connectivity index (χ3v) is 5.79. The monoisotopic (exact) mass is 360 g/mol. The van der Waals surface area contributed by atoms with Crippen LogP contribution in [0, 0.1) is 11.8 Å². The lowest BCUT2D eigenvalue weighted by atomic mass is 9.83. The Hall–Kier alpha value is -1.23. The predicted molar refractivity (Wildman–Crippen MR) is 101 cm³/mol. The standard InChI is InChI=1S/C22H32O4/c1-17-10-13-22(26-21(17)18(2)15-23)12-6-9-20(25-22)11-14-24-16-19-7-4-3-5-8-19/h3-5,7-8,15,17-18,20-21H,6,9-14,16H2,1-2H3/t17-,18+,20+,21+,22+/m1/s1. The number of benzene rings is 1. The molecule has 5 atom stereocenters. The van der Waals surface area contributed by atoms with Crippen LogP contribution in [0.25, 0.3) is 0 Å². The molecule has 0 saturated carbocycles. The average molecular weight is 360 g/mol. The summed E-state index contributed by atoms with van der Waals surface area (Å²) in [7, 11) is 0. The van der Waals surface area contributed by atoms with Crippen LogP contribution in [-0.2, 0) is 25.6 Å². The van der Waals surface area contributed by atoms with Crippen molar-refractivity contribution < 1.29 is 19.0 Å². The summed E-state index contributed by atoms with van der Waals surface area (Å²) in [4.78, 5) is 11.2. The van der Waals surface area contributed by atoms with Crippen LogP contribution in [0.15, 0.2) is 30.3 Å². The molecule has 2 aliphatic rings. The maximum absolute atomic E-state index is 11.2. The molecule has 4 nitrogen and oxygen atoms in total. The fourth-order valence-electron chi connectivity index (χ4n) is 4.21. The largest absolute Gasteiger partial charge is 0.377 e. The topological polar surface area (TPSA) is 44.8 Å². The Bertz CT molecular complexity index is 561. The van der Waals surface area contributed by atoms with E-state index in [2.05, 4.69) is 19.1 Å². The first-order valence-corrected chi connectivity index (χ1v) is 10.0. The van der Waals surface area contributed by atoms with Crippen LogP contribution in [0.5, 0.6) is 0 Å². The van der Waals surface area contributed by atoms with Crippen LogP contribution < -0.4 is 0 Å². The lowest BCUT2D eigenvalue weighted by Crippen LogP contribution is -2.52. The van der Waals surface area contributed by atoms with Gasteiger partial charge in [0.25, 0.3) is 0 Å². The summed E-state index contributed by atoms with van der Waals surface area (Å²) >= 11 is 0. The lowest BCUT2D eigenvalue weighted by Gasteiger charge is -2.48. The van der Waals surface area contributed by atoms with Gasteiger partial charge < -0.3 is 19.0 Å². The van der Waals surface area contributed by atoms with Gasteiger partial charge in [-0.2, -0.15) is 0 Å². The Kier molecular flexibility index (Phi) is 6.85. The molecule has 2 saturated heterocycles. The van der Waals surface area contributed by atoms with Crippen molar-refractivity contribution in [3.05, 3.63) is 35.9 Å². The predicted octanol–water partition coefficient (Wildman–Crippen LogP) is 4.51. The molecule has 0 bridgehead atoms. The zero-order valence-corrected chi connectivity index (χ0v) is 16.1. The summed E-state index contributed by atoms with van der Waals surface area (Å²) in [5.41, 5.74) is 1.20. The van der Waals surface area contributed by atoms with Gasteiger partial charge in [0.05, 0.1) is 18.8 Å². The Morgan fingerprint density at radius 3 is 2.81 bits per heavy atom. The molecule has 0 radical (unpaired) electrons. The van der Waals surface area contributed by atoms with E-state index in [9.17, 15) is 4.79 Å². The van der Waals surface area contributed by atoms with Crippen molar-refractivity contribution in [1.82, 2.24) is 0 Å². The molecule has 26 heavy (non-hydrogen) atoms. The Balaban J connectivity index is 1.48. The molecule has 0 unspecified atom stereocenters. The van der Waals surface area contributed by atoms with Gasteiger partial charge in [-0.25, -0.2) is 0 Å². The zero-order chi connectivity index (χ0) is 18.4. The van der Waals surface area contributed by atoms with E-state index in [1.54, 1.807) is 0 Å². The van der Waals surface area contributed by atoms with Crippen LogP contribution in [0.4, 0.5) is 0 Å². The van der Waals surface area contributed by atoms with E-state index < -0.39 is 5.79 Å². The van der Waals surface area contributed by atoms with Gasteiger partial charge in [-0.05, 0) is 37.2 Å². The Morgan fingerprint density at radius 2 is 2.04 bits per heavy atom. The Morgan fingerprint density at radius 1 is 1.23 bits per heavy atom. The quantitative estimate of drug-likeness (QED) is 0.530. The first kappa shape index (κ1) is 19.5. The molecular formula is C22H32O4. The van der Waals surface area contributed by atoms with Crippen molar-refractivity contribution >= 4 is 6.29 Å². The van der Waals surface area contributed by atoms with E-state index in [1.165, 1.54) is 5.56 Å². The van der Waals surface area contributed by atoms with E-state index >= 15 is 0 Å². The number of aldehydes is 1.